The van der Waals surface area contributed by atoms with Crippen LogP contribution in [0.25, 0.3) is 0 Å². The van der Waals surface area contributed by atoms with E-state index >= 15 is 0 Å². The van der Waals surface area contributed by atoms with E-state index in [1.54, 1.807) is 36.8 Å². The first-order chi connectivity index (χ1) is 10.2. The van der Waals surface area contributed by atoms with Crippen molar-refractivity contribution >= 4 is 28.8 Å². The quantitative estimate of drug-likeness (QED) is 0.822. The summed E-state index contributed by atoms with van der Waals surface area (Å²) < 4.78 is 5.29. The lowest BCUT2D eigenvalue weighted by molar-refractivity contribution is -0.136. The molecular weight excluding hydrogens is 290 g/mol. The summed E-state index contributed by atoms with van der Waals surface area (Å²) in [5.74, 6) is -1.45. The molecule has 110 valence electrons. The van der Waals surface area contributed by atoms with Crippen LogP contribution in [0.1, 0.15) is 11.7 Å². The molecule has 0 bridgehead atoms. The topological polar surface area (TPSA) is 80.3 Å². The minimum absolute atomic E-state index is 0.229. The van der Waals surface area contributed by atoms with E-state index in [1.165, 1.54) is 6.20 Å². The molecule has 0 saturated carbocycles. The summed E-state index contributed by atoms with van der Waals surface area (Å²) in [5.41, 5.74) is 1.44. The number of aromatic nitrogens is 1. The number of hydrogen-bond donors (Lipinski definition) is 2. The van der Waals surface area contributed by atoms with E-state index in [0.29, 0.717) is 5.69 Å². The van der Waals surface area contributed by atoms with Gasteiger partial charge < -0.3 is 15.4 Å². The van der Waals surface area contributed by atoms with Crippen molar-refractivity contribution in [1.82, 2.24) is 10.3 Å². The van der Waals surface area contributed by atoms with Crippen LogP contribution in [0.5, 0.6) is 0 Å². The number of anilines is 1. The molecule has 2 aromatic rings. The molecule has 0 fully saturated rings. The molecule has 7 heteroatoms. The number of hydrogen-bond acceptors (Lipinski definition) is 5. The van der Waals surface area contributed by atoms with Crippen LogP contribution < -0.4 is 10.6 Å². The Kier molecular flexibility index (Phi) is 5.42. The number of rotatable bonds is 5. The first-order valence-corrected chi connectivity index (χ1v) is 7.19. The molecule has 2 aromatic heterocycles. The fraction of sp³-hybridized carbons (Fsp3) is 0.214. The molecule has 2 amide bonds. The van der Waals surface area contributed by atoms with Gasteiger partial charge in [0, 0.05) is 19.9 Å². The highest BCUT2D eigenvalue weighted by molar-refractivity contribution is 7.07. The zero-order chi connectivity index (χ0) is 15.1. The second-order valence-electron chi connectivity index (χ2n) is 4.19. The lowest BCUT2D eigenvalue weighted by Crippen LogP contribution is -2.37. The van der Waals surface area contributed by atoms with Crippen LogP contribution in [0, 0.1) is 0 Å². The van der Waals surface area contributed by atoms with Gasteiger partial charge in [-0.15, -0.1) is 0 Å². The van der Waals surface area contributed by atoms with E-state index in [2.05, 4.69) is 15.6 Å². The van der Waals surface area contributed by atoms with Crippen molar-refractivity contribution in [1.29, 1.82) is 0 Å². The fourth-order valence-corrected chi connectivity index (χ4v) is 2.39. The molecule has 1 atom stereocenters. The minimum Gasteiger partial charge on any atom is -0.375 e. The summed E-state index contributed by atoms with van der Waals surface area (Å²) >= 11 is 1.55. The van der Waals surface area contributed by atoms with Gasteiger partial charge in [0.1, 0.15) is 6.10 Å². The van der Waals surface area contributed by atoms with Gasteiger partial charge >= 0.3 is 11.8 Å². The van der Waals surface area contributed by atoms with Gasteiger partial charge in [-0.05, 0) is 34.5 Å². The number of ether oxygens (including phenoxy) is 1. The van der Waals surface area contributed by atoms with Crippen LogP contribution in [0.4, 0.5) is 5.69 Å². The minimum atomic E-state index is -0.733. The van der Waals surface area contributed by atoms with Gasteiger partial charge in [-0.25, -0.2) is 0 Å². The van der Waals surface area contributed by atoms with Crippen LogP contribution in [-0.4, -0.2) is 30.5 Å². The highest BCUT2D eigenvalue weighted by Crippen LogP contribution is 2.18. The fourth-order valence-electron chi connectivity index (χ4n) is 1.69. The Morgan fingerprint density at radius 1 is 1.38 bits per heavy atom. The average molecular weight is 305 g/mol. The Morgan fingerprint density at radius 2 is 2.24 bits per heavy atom. The Hall–Kier alpha value is -2.25. The molecular formula is C14H15N3O3S. The zero-order valence-electron chi connectivity index (χ0n) is 11.4. The molecule has 0 aliphatic carbocycles. The van der Waals surface area contributed by atoms with E-state index in [1.807, 2.05) is 16.8 Å². The smallest absolute Gasteiger partial charge is 0.313 e. The third kappa shape index (κ3) is 4.37. The van der Waals surface area contributed by atoms with E-state index in [9.17, 15) is 9.59 Å². The molecule has 0 unspecified atom stereocenters. The van der Waals surface area contributed by atoms with Crippen LogP contribution in [-0.2, 0) is 14.3 Å². The number of nitrogens with zero attached hydrogens (tertiary/aromatic N) is 1. The van der Waals surface area contributed by atoms with Gasteiger partial charge in [-0.2, -0.15) is 11.3 Å². The first kappa shape index (κ1) is 15.1. The number of carbonyl (C=O) groups is 2. The van der Waals surface area contributed by atoms with E-state index in [-0.39, 0.29) is 12.6 Å². The van der Waals surface area contributed by atoms with Crippen molar-refractivity contribution in [2.75, 3.05) is 19.0 Å². The summed E-state index contributed by atoms with van der Waals surface area (Å²) in [4.78, 5) is 27.3. The van der Waals surface area contributed by atoms with Crippen LogP contribution in [0.15, 0.2) is 41.4 Å². The molecule has 0 saturated heterocycles. The number of pyridine rings is 1. The molecule has 2 heterocycles. The molecule has 2 N–H and O–H groups in total. The molecule has 0 spiro atoms. The predicted octanol–water partition coefficient (Wildman–Crippen LogP) is 1.59. The summed E-state index contributed by atoms with van der Waals surface area (Å²) in [5, 5.41) is 8.89. The Morgan fingerprint density at radius 3 is 2.86 bits per heavy atom. The summed E-state index contributed by atoms with van der Waals surface area (Å²) in [7, 11) is 1.56. The maximum atomic E-state index is 11.7. The second-order valence-corrected chi connectivity index (χ2v) is 4.97. The van der Waals surface area contributed by atoms with Crippen LogP contribution in [0.2, 0.25) is 0 Å². The standard InChI is InChI=1S/C14H15N3O3S/c1-20-12(10-4-6-21-9-10)8-16-13(18)14(19)17-11-3-2-5-15-7-11/h2-7,9,12H,8H2,1H3,(H,16,18)(H,17,19)/t12-/m0/s1. The van der Waals surface area contributed by atoms with Crippen molar-refractivity contribution in [2.45, 2.75) is 6.10 Å². The van der Waals surface area contributed by atoms with Crippen molar-refractivity contribution in [3.05, 3.63) is 46.9 Å². The van der Waals surface area contributed by atoms with E-state index in [0.717, 1.165) is 5.56 Å². The highest BCUT2D eigenvalue weighted by Gasteiger charge is 2.17. The maximum Gasteiger partial charge on any atom is 0.313 e. The van der Waals surface area contributed by atoms with Crippen molar-refractivity contribution < 1.29 is 14.3 Å². The molecule has 21 heavy (non-hydrogen) atoms. The maximum absolute atomic E-state index is 11.7. The zero-order valence-corrected chi connectivity index (χ0v) is 12.2. The third-order valence-electron chi connectivity index (χ3n) is 2.77. The largest absolute Gasteiger partial charge is 0.375 e. The molecule has 0 aliphatic rings. The summed E-state index contributed by atoms with van der Waals surface area (Å²) in [6.07, 6.45) is 2.78. The number of nitrogens with one attached hydrogen (secondary N) is 2. The Bertz CT molecular complexity index is 587. The molecule has 2 rings (SSSR count). The van der Waals surface area contributed by atoms with Crippen molar-refractivity contribution in [3.63, 3.8) is 0 Å². The lowest BCUT2D eigenvalue weighted by Gasteiger charge is -2.14. The van der Waals surface area contributed by atoms with Gasteiger partial charge in [-0.3, -0.25) is 14.6 Å². The van der Waals surface area contributed by atoms with Gasteiger partial charge in [0.15, 0.2) is 0 Å². The van der Waals surface area contributed by atoms with Crippen molar-refractivity contribution in [3.8, 4) is 0 Å². The molecule has 0 aromatic carbocycles. The van der Waals surface area contributed by atoms with Gasteiger partial charge in [-0.1, -0.05) is 0 Å². The van der Waals surface area contributed by atoms with Gasteiger partial charge in [0.2, 0.25) is 0 Å². The molecule has 6 nitrogen and oxygen atoms in total. The predicted molar refractivity (Wildman–Crippen MR) is 79.9 cm³/mol. The second kappa shape index (κ2) is 7.51. The lowest BCUT2D eigenvalue weighted by atomic mass is 10.2. The summed E-state index contributed by atoms with van der Waals surface area (Å²) in [6, 6.07) is 5.24. The third-order valence-corrected chi connectivity index (χ3v) is 3.47. The Labute approximate surface area is 126 Å². The SMILES string of the molecule is CO[C@@H](CNC(=O)C(=O)Nc1cccnc1)c1ccsc1. The van der Waals surface area contributed by atoms with E-state index < -0.39 is 11.8 Å². The molecule has 0 aliphatic heterocycles. The van der Waals surface area contributed by atoms with Crippen LogP contribution in [0.3, 0.4) is 0 Å². The van der Waals surface area contributed by atoms with Gasteiger partial charge in [0.25, 0.3) is 0 Å². The number of methoxy groups -OCH3 is 1. The highest BCUT2D eigenvalue weighted by atomic mass is 32.1. The van der Waals surface area contributed by atoms with E-state index in [4.69, 9.17) is 4.74 Å². The van der Waals surface area contributed by atoms with Crippen LogP contribution >= 0.6 is 11.3 Å². The normalized spacial score (nSPS) is 11.7. The first-order valence-electron chi connectivity index (χ1n) is 6.25. The monoisotopic (exact) mass is 305 g/mol. The molecule has 0 radical (unpaired) electrons. The number of amides is 2. The van der Waals surface area contributed by atoms with Crippen molar-refractivity contribution in [2.24, 2.45) is 0 Å². The number of thiophene rings is 1. The summed E-state index contributed by atoms with van der Waals surface area (Å²) in [6.45, 7) is 0.229. The number of carbonyl (C=O) groups excluding carboxylic acids is 2. The average Bonchev–Trinajstić information content (AvgIpc) is 3.03. The van der Waals surface area contributed by atoms with Gasteiger partial charge in [0.05, 0.1) is 11.9 Å². The Balaban J connectivity index is 1.85.